The molecule has 1 aromatic heterocycles. The Balaban J connectivity index is 1.79. The summed E-state index contributed by atoms with van der Waals surface area (Å²) in [5.41, 5.74) is 2.22. The Morgan fingerprint density at radius 3 is 2.12 bits per heavy atom. The standard InChI is InChI=1S/C23H22Cl2N4O3/c1-14(30)32-20-21(25)26-19(27-22(20)28(2)3)13-15-5-11-18(12-6-15)29(4)23(31)16-7-9-17(24)10-8-16/h5-12H,13H2,1-4H3. The van der Waals surface area contributed by atoms with E-state index in [-0.39, 0.29) is 16.8 Å². The normalized spacial score (nSPS) is 10.6. The molecule has 0 saturated carbocycles. The van der Waals surface area contributed by atoms with Crippen LogP contribution < -0.4 is 14.5 Å². The molecule has 0 radical (unpaired) electrons. The van der Waals surface area contributed by atoms with Crippen molar-refractivity contribution in [3.63, 3.8) is 0 Å². The highest BCUT2D eigenvalue weighted by Crippen LogP contribution is 2.32. The first-order valence-corrected chi connectivity index (χ1v) is 10.5. The lowest BCUT2D eigenvalue weighted by Crippen LogP contribution is -2.26. The molecule has 0 bridgehead atoms. The number of rotatable bonds is 6. The maximum Gasteiger partial charge on any atom is 0.308 e. The average molecular weight is 473 g/mol. The van der Waals surface area contributed by atoms with E-state index in [9.17, 15) is 9.59 Å². The zero-order valence-corrected chi connectivity index (χ0v) is 19.6. The van der Waals surface area contributed by atoms with Crippen molar-refractivity contribution in [3.8, 4) is 5.75 Å². The summed E-state index contributed by atoms with van der Waals surface area (Å²) in [5, 5.41) is 0.646. The van der Waals surface area contributed by atoms with Crippen molar-refractivity contribution in [1.29, 1.82) is 0 Å². The summed E-state index contributed by atoms with van der Waals surface area (Å²) in [6.07, 6.45) is 0.413. The third-order valence-corrected chi connectivity index (χ3v) is 5.11. The number of anilines is 2. The molecule has 1 heterocycles. The van der Waals surface area contributed by atoms with E-state index in [1.165, 1.54) is 6.92 Å². The molecular weight excluding hydrogens is 451 g/mol. The molecular formula is C23H22Cl2N4O3. The Hall–Kier alpha value is -3.16. The van der Waals surface area contributed by atoms with Crippen LogP contribution in [0.15, 0.2) is 48.5 Å². The summed E-state index contributed by atoms with van der Waals surface area (Å²) in [7, 11) is 5.27. The lowest BCUT2D eigenvalue weighted by molar-refractivity contribution is -0.131. The van der Waals surface area contributed by atoms with Crippen LogP contribution in [0.1, 0.15) is 28.7 Å². The van der Waals surface area contributed by atoms with Crippen molar-refractivity contribution in [3.05, 3.63) is 75.7 Å². The molecule has 9 heteroatoms. The number of amides is 1. The summed E-state index contributed by atoms with van der Waals surface area (Å²) in [5.74, 6) is 0.388. The van der Waals surface area contributed by atoms with Crippen LogP contribution in [-0.2, 0) is 11.2 Å². The number of carbonyl (C=O) groups is 2. The maximum atomic E-state index is 12.7. The van der Waals surface area contributed by atoms with Gasteiger partial charge in [0.05, 0.1) is 0 Å². The largest absolute Gasteiger partial charge is 0.419 e. The predicted molar refractivity (Wildman–Crippen MR) is 126 cm³/mol. The maximum absolute atomic E-state index is 12.7. The van der Waals surface area contributed by atoms with E-state index in [1.807, 2.05) is 24.3 Å². The van der Waals surface area contributed by atoms with Gasteiger partial charge >= 0.3 is 5.97 Å². The van der Waals surface area contributed by atoms with Crippen molar-refractivity contribution in [2.24, 2.45) is 0 Å². The first-order chi connectivity index (χ1) is 15.2. The summed E-state index contributed by atoms with van der Waals surface area (Å²) in [4.78, 5) is 36.1. The monoisotopic (exact) mass is 472 g/mol. The van der Waals surface area contributed by atoms with Gasteiger partial charge in [-0.3, -0.25) is 9.59 Å². The molecule has 0 saturated heterocycles. The van der Waals surface area contributed by atoms with Crippen molar-refractivity contribution in [1.82, 2.24) is 9.97 Å². The van der Waals surface area contributed by atoms with Crippen LogP contribution in [0, 0.1) is 0 Å². The fourth-order valence-corrected chi connectivity index (χ4v) is 3.34. The number of carbonyl (C=O) groups excluding carboxylic acids is 2. The Morgan fingerprint density at radius 2 is 1.56 bits per heavy atom. The van der Waals surface area contributed by atoms with E-state index in [1.54, 1.807) is 55.2 Å². The molecule has 0 atom stereocenters. The van der Waals surface area contributed by atoms with Gasteiger partial charge in [0.15, 0.2) is 11.0 Å². The minimum absolute atomic E-state index is 0.0683. The lowest BCUT2D eigenvalue weighted by atomic mass is 10.1. The number of esters is 1. The highest BCUT2D eigenvalue weighted by atomic mass is 35.5. The molecule has 32 heavy (non-hydrogen) atoms. The van der Waals surface area contributed by atoms with Gasteiger partial charge in [0.2, 0.25) is 5.75 Å². The number of aromatic nitrogens is 2. The molecule has 0 aliphatic carbocycles. The quantitative estimate of drug-likeness (QED) is 0.384. The van der Waals surface area contributed by atoms with Gasteiger partial charge in [0, 0.05) is 50.8 Å². The second-order valence-corrected chi connectivity index (χ2v) is 8.08. The van der Waals surface area contributed by atoms with Gasteiger partial charge in [-0.15, -0.1) is 0 Å². The molecule has 7 nitrogen and oxygen atoms in total. The topological polar surface area (TPSA) is 75.6 Å². The Labute approximate surface area is 196 Å². The Kier molecular flexibility index (Phi) is 7.33. The molecule has 3 rings (SSSR count). The summed E-state index contributed by atoms with van der Waals surface area (Å²) in [6, 6.07) is 14.3. The van der Waals surface area contributed by atoms with Gasteiger partial charge in [-0.2, -0.15) is 0 Å². The molecule has 1 amide bonds. The van der Waals surface area contributed by atoms with Gasteiger partial charge in [-0.25, -0.2) is 9.97 Å². The first kappa shape index (κ1) is 23.5. The lowest BCUT2D eigenvalue weighted by Gasteiger charge is -2.18. The first-order valence-electron chi connectivity index (χ1n) is 9.70. The second-order valence-electron chi connectivity index (χ2n) is 7.29. The smallest absolute Gasteiger partial charge is 0.308 e. The van der Waals surface area contributed by atoms with Crippen LogP contribution in [0.5, 0.6) is 5.75 Å². The average Bonchev–Trinajstić information content (AvgIpc) is 2.75. The predicted octanol–water partition coefficient (Wildman–Crippen LogP) is 4.64. The van der Waals surface area contributed by atoms with E-state index >= 15 is 0 Å². The fourth-order valence-electron chi connectivity index (χ4n) is 2.99. The van der Waals surface area contributed by atoms with E-state index in [4.69, 9.17) is 27.9 Å². The minimum atomic E-state index is -0.501. The molecule has 0 aliphatic rings. The van der Waals surface area contributed by atoms with Gasteiger partial charge < -0.3 is 14.5 Å². The molecule has 0 fully saturated rings. The van der Waals surface area contributed by atoms with E-state index in [2.05, 4.69) is 9.97 Å². The van der Waals surface area contributed by atoms with Crippen LogP contribution in [-0.4, -0.2) is 43.0 Å². The highest BCUT2D eigenvalue weighted by molar-refractivity contribution is 6.31. The molecule has 2 aromatic carbocycles. The van der Waals surface area contributed by atoms with Gasteiger partial charge in [-0.1, -0.05) is 35.3 Å². The summed E-state index contributed by atoms with van der Waals surface area (Å²) < 4.78 is 5.17. The molecule has 3 aromatic rings. The zero-order chi connectivity index (χ0) is 23.4. The third-order valence-electron chi connectivity index (χ3n) is 4.60. The van der Waals surface area contributed by atoms with Crippen molar-refractivity contribution >= 4 is 46.6 Å². The van der Waals surface area contributed by atoms with E-state index in [0.717, 1.165) is 11.3 Å². The molecule has 0 spiro atoms. The number of nitrogens with zero attached hydrogens (tertiary/aromatic N) is 4. The van der Waals surface area contributed by atoms with Gasteiger partial charge in [0.25, 0.3) is 5.91 Å². The minimum Gasteiger partial charge on any atom is -0.419 e. The molecule has 0 N–H and O–H groups in total. The van der Waals surface area contributed by atoms with Gasteiger partial charge in [-0.05, 0) is 42.0 Å². The van der Waals surface area contributed by atoms with Crippen LogP contribution in [0.4, 0.5) is 11.5 Å². The van der Waals surface area contributed by atoms with Crippen molar-refractivity contribution < 1.29 is 14.3 Å². The number of ether oxygens (including phenoxy) is 1. The van der Waals surface area contributed by atoms with Crippen LogP contribution in [0.3, 0.4) is 0 Å². The van der Waals surface area contributed by atoms with Crippen molar-refractivity contribution in [2.45, 2.75) is 13.3 Å². The SMILES string of the molecule is CC(=O)Oc1c(Cl)nc(Cc2ccc(N(C)C(=O)c3ccc(Cl)cc3)cc2)nc1N(C)C. The third kappa shape index (κ3) is 5.55. The van der Waals surface area contributed by atoms with Gasteiger partial charge in [0.1, 0.15) is 5.82 Å². The van der Waals surface area contributed by atoms with Crippen molar-refractivity contribution in [2.75, 3.05) is 30.9 Å². The summed E-state index contributed by atoms with van der Waals surface area (Å²) in [6.45, 7) is 1.29. The fraction of sp³-hybridized carbons (Fsp3) is 0.217. The highest BCUT2D eigenvalue weighted by Gasteiger charge is 2.19. The number of benzene rings is 2. The second kappa shape index (κ2) is 9.97. The summed E-state index contributed by atoms with van der Waals surface area (Å²) >= 11 is 12.1. The molecule has 166 valence electrons. The van der Waals surface area contributed by atoms with Crippen LogP contribution in [0.25, 0.3) is 0 Å². The van der Waals surface area contributed by atoms with Crippen LogP contribution >= 0.6 is 23.2 Å². The Bertz CT molecular complexity index is 1130. The van der Waals surface area contributed by atoms with E-state index in [0.29, 0.717) is 28.6 Å². The Morgan fingerprint density at radius 1 is 0.938 bits per heavy atom. The molecule has 0 aliphatic heterocycles. The van der Waals surface area contributed by atoms with E-state index < -0.39 is 5.97 Å². The number of hydrogen-bond donors (Lipinski definition) is 0. The number of hydrogen-bond acceptors (Lipinski definition) is 6. The molecule has 0 unspecified atom stereocenters. The van der Waals surface area contributed by atoms with Crippen LogP contribution in [0.2, 0.25) is 10.2 Å². The number of halogens is 2. The zero-order valence-electron chi connectivity index (χ0n) is 18.1.